The van der Waals surface area contributed by atoms with Crippen LogP contribution in [0.5, 0.6) is 0 Å². The molecule has 1 aliphatic rings. The molecule has 0 spiro atoms. The Morgan fingerprint density at radius 1 is 1.62 bits per heavy atom. The first-order chi connectivity index (χ1) is 6.03. The lowest BCUT2D eigenvalue weighted by atomic mass is 10.2. The van der Waals surface area contributed by atoms with Gasteiger partial charge in [0.2, 0.25) is 0 Å². The van der Waals surface area contributed by atoms with Gasteiger partial charge in [-0.25, -0.2) is 8.42 Å². The van der Waals surface area contributed by atoms with Crippen molar-refractivity contribution in [1.29, 1.82) is 0 Å². The fraction of sp³-hybridized carbons (Fsp3) is 1.00. The molecule has 2 unspecified atom stereocenters. The van der Waals surface area contributed by atoms with Crippen molar-refractivity contribution in [1.82, 2.24) is 5.32 Å². The predicted molar refractivity (Wildman–Crippen MR) is 58.0 cm³/mol. The summed E-state index contributed by atoms with van der Waals surface area (Å²) in [5.41, 5.74) is 0. The zero-order chi connectivity index (χ0) is 9.90. The topological polar surface area (TPSA) is 46.2 Å². The summed E-state index contributed by atoms with van der Waals surface area (Å²) >= 11 is 1.80. The molecule has 1 aliphatic heterocycles. The number of thioether (sulfide) groups is 1. The summed E-state index contributed by atoms with van der Waals surface area (Å²) in [4.78, 5) is 0. The highest BCUT2D eigenvalue weighted by Gasteiger charge is 2.27. The molecule has 0 aliphatic carbocycles. The van der Waals surface area contributed by atoms with Crippen LogP contribution in [0, 0.1) is 0 Å². The minimum absolute atomic E-state index is 0.194. The van der Waals surface area contributed by atoms with Gasteiger partial charge in [-0.1, -0.05) is 6.92 Å². The Labute approximate surface area is 84.6 Å². The lowest BCUT2D eigenvalue weighted by molar-refractivity contribution is 0.556. The molecule has 13 heavy (non-hydrogen) atoms. The van der Waals surface area contributed by atoms with Gasteiger partial charge in [0.05, 0.1) is 11.5 Å². The molecule has 1 fully saturated rings. The fourth-order valence-corrected chi connectivity index (χ4v) is 3.34. The van der Waals surface area contributed by atoms with Crippen LogP contribution in [0.15, 0.2) is 0 Å². The van der Waals surface area contributed by atoms with E-state index in [0.717, 1.165) is 13.0 Å². The van der Waals surface area contributed by atoms with Crippen LogP contribution in [0.2, 0.25) is 0 Å². The minimum atomic E-state index is -2.72. The summed E-state index contributed by atoms with van der Waals surface area (Å²) in [5, 5.41) is 3.85. The van der Waals surface area contributed by atoms with Crippen molar-refractivity contribution in [2.24, 2.45) is 0 Å². The van der Waals surface area contributed by atoms with E-state index >= 15 is 0 Å². The van der Waals surface area contributed by atoms with Crippen molar-refractivity contribution < 1.29 is 8.42 Å². The van der Waals surface area contributed by atoms with E-state index in [1.165, 1.54) is 0 Å². The highest BCUT2D eigenvalue weighted by Crippen LogP contribution is 2.12. The van der Waals surface area contributed by atoms with Crippen molar-refractivity contribution in [3.8, 4) is 0 Å². The van der Waals surface area contributed by atoms with Crippen LogP contribution in [-0.4, -0.2) is 44.0 Å². The Kier molecular flexibility index (Phi) is 4.06. The van der Waals surface area contributed by atoms with Crippen molar-refractivity contribution in [2.45, 2.75) is 24.6 Å². The first-order valence-corrected chi connectivity index (χ1v) is 7.61. The summed E-state index contributed by atoms with van der Waals surface area (Å²) in [5.74, 6) is 0.687. The highest BCUT2D eigenvalue weighted by molar-refractivity contribution is 7.99. The third-order valence-corrected chi connectivity index (χ3v) is 5.07. The maximum Gasteiger partial charge on any atom is 0.151 e. The van der Waals surface area contributed by atoms with Gasteiger partial charge >= 0.3 is 0 Å². The lowest BCUT2D eigenvalue weighted by Crippen LogP contribution is -2.34. The van der Waals surface area contributed by atoms with Crippen molar-refractivity contribution in [3.63, 3.8) is 0 Å². The van der Waals surface area contributed by atoms with E-state index in [4.69, 9.17) is 0 Å². The molecule has 0 bridgehead atoms. The number of hydrogen-bond acceptors (Lipinski definition) is 4. The zero-order valence-corrected chi connectivity index (χ0v) is 9.75. The number of sulfone groups is 1. The molecule has 0 saturated carbocycles. The first kappa shape index (κ1) is 11.3. The van der Waals surface area contributed by atoms with Gasteiger partial charge in [0, 0.05) is 17.8 Å². The van der Waals surface area contributed by atoms with Crippen molar-refractivity contribution >= 4 is 21.6 Å². The molecule has 3 nitrogen and oxygen atoms in total. The lowest BCUT2D eigenvalue weighted by Gasteiger charge is -2.13. The largest absolute Gasteiger partial charge is 0.312 e. The highest BCUT2D eigenvalue weighted by atomic mass is 32.2. The van der Waals surface area contributed by atoms with Gasteiger partial charge < -0.3 is 5.32 Å². The van der Waals surface area contributed by atoms with Crippen molar-refractivity contribution in [2.75, 3.05) is 24.3 Å². The molecular formula is C8H17NO2S2. The minimum Gasteiger partial charge on any atom is -0.312 e. The molecule has 0 aromatic heterocycles. The first-order valence-electron chi connectivity index (χ1n) is 4.50. The quantitative estimate of drug-likeness (QED) is 0.754. The molecule has 5 heteroatoms. The van der Waals surface area contributed by atoms with E-state index < -0.39 is 9.84 Å². The second-order valence-corrected chi connectivity index (χ2v) is 7.06. The van der Waals surface area contributed by atoms with Crippen LogP contribution < -0.4 is 5.32 Å². The molecule has 1 saturated heterocycles. The van der Waals surface area contributed by atoms with Crippen LogP contribution >= 0.6 is 11.8 Å². The number of nitrogens with one attached hydrogen (secondary N) is 1. The average Bonchev–Trinajstić information content (AvgIpc) is 2.41. The second kappa shape index (κ2) is 4.66. The van der Waals surface area contributed by atoms with Crippen LogP contribution in [0.3, 0.4) is 0 Å². The average molecular weight is 223 g/mol. The molecule has 0 radical (unpaired) electrons. The summed E-state index contributed by atoms with van der Waals surface area (Å²) in [6.45, 7) is 3.04. The molecule has 2 atom stereocenters. The molecule has 78 valence electrons. The number of rotatable bonds is 4. The molecule has 1 heterocycles. The van der Waals surface area contributed by atoms with E-state index in [1.807, 2.05) is 0 Å². The smallest absolute Gasteiger partial charge is 0.151 e. The molecular weight excluding hydrogens is 206 g/mol. The van der Waals surface area contributed by atoms with E-state index in [2.05, 4.69) is 18.5 Å². The van der Waals surface area contributed by atoms with Gasteiger partial charge in [-0.3, -0.25) is 0 Å². The van der Waals surface area contributed by atoms with Crippen LogP contribution in [0.4, 0.5) is 0 Å². The molecule has 0 aromatic rings. The van der Waals surface area contributed by atoms with Gasteiger partial charge in [0.1, 0.15) is 0 Å². The monoisotopic (exact) mass is 223 g/mol. The Morgan fingerprint density at radius 2 is 2.31 bits per heavy atom. The zero-order valence-electron chi connectivity index (χ0n) is 8.12. The summed E-state index contributed by atoms with van der Waals surface area (Å²) < 4.78 is 22.2. The number of hydrogen-bond donors (Lipinski definition) is 1. The molecule has 1 rings (SSSR count). The Bertz CT molecular complexity index is 251. The Balaban J connectivity index is 2.25. The van der Waals surface area contributed by atoms with Gasteiger partial charge in [-0.15, -0.1) is 0 Å². The van der Waals surface area contributed by atoms with Crippen LogP contribution in [0.1, 0.15) is 13.3 Å². The third-order valence-electron chi connectivity index (χ3n) is 2.33. The summed E-state index contributed by atoms with van der Waals surface area (Å²) in [7, 11) is -2.72. The van der Waals surface area contributed by atoms with Crippen molar-refractivity contribution in [3.05, 3.63) is 0 Å². The van der Waals surface area contributed by atoms with Crippen LogP contribution in [-0.2, 0) is 9.84 Å². The fourth-order valence-electron chi connectivity index (χ4n) is 1.37. The predicted octanol–water partition coefficient (Wildman–Crippen LogP) is 0.515. The summed E-state index contributed by atoms with van der Waals surface area (Å²) in [6, 6.07) is 0.194. The Hall–Kier alpha value is 0.260. The molecule has 0 amide bonds. The maximum atomic E-state index is 11.1. The second-order valence-electron chi connectivity index (χ2n) is 3.55. The molecule has 1 N–H and O–H groups in total. The molecule has 0 aromatic carbocycles. The normalized spacial score (nSPS) is 28.9. The van der Waals surface area contributed by atoms with Crippen LogP contribution in [0.25, 0.3) is 0 Å². The van der Waals surface area contributed by atoms with Gasteiger partial charge in [0.25, 0.3) is 0 Å². The SMILES string of the molecule is CSC(C)CNC1CCS(=O)(=O)C1. The van der Waals surface area contributed by atoms with E-state index in [9.17, 15) is 8.42 Å². The van der Waals surface area contributed by atoms with Gasteiger partial charge in [0.15, 0.2) is 9.84 Å². The standard InChI is InChI=1S/C8H17NO2S2/c1-7(12-2)5-9-8-3-4-13(10,11)6-8/h7-9H,3-6H2,1-2H3. The van der Waals surface area contributed by atoms with Gasteiger partial charge in [-0.2, -0.15) is 11.8 Å². The Morgan fingerprint density at radius 3 is 2.77 bits per heavy atom. The third kappa shape index (κ3) is 3.87. The maximum absolute atomic E-state index is 11.1. The van der Waals surface area contributed by atoms with E-state index in [0.29, 0.717) is 16.8 Å². The summed E-state index contributed by atoms with van der Waals surface area (Å²) in [6.07, 6.45) is 2.85. The van der Waals surface area contributed by atoms with E-state index in [-0.39, 0.29) is 6.04 Å². The van der Waals surface area contributed by atoms with E-state index in [1.54, 1.807) is 11.8 Å². The van der Waals surface area contributed by atoms with Gasteiger partial charge in [-0.05, 0) is 12.7 Å².